The van der Waals surface area contributed by atoms with Crippen LogP contribution < -0.4 is 10.6 Å². The summed E-state index contributed by atoms with van der Waals surface area (Å²) in [5.41, 5.74) is 0.411. The first-order valence-electron chi connectivity index (χ1n) is 6.98. The fourth-order valence-corrected chi connectivity index (χ4v) is 2.11. The molecule has 0 aromatic heterocycles. The molecule has 0 aliphatic heterocycles. The molecule has 0 bridgehead atoms. The lowest BCUT2D eigenvalue weighted by Gasteiger charge is -2.14. The zero-order valence-corrected chi connectivity index (χ0v) is 13.4. The molecule has 0 fully saturated rings. The molecule has 2 aromatic carbocycles. The molecule has 2 rings (SSSR count). The summed E-state index contributed by atoms with van der Waals surface area (Å²) in [6, 6.07) is 11.0. The van der Waals surface area contributed by atoms with E-state index < -0.39 is 22.8 Å². The number of nitro groups is 1. The Hall–Kier alpha value is -2.93. The predicted octanol–water partition coefficient (Wildman–Crippen LogP) is 3.01. The number of hydrogen-bond donors (Lipinski definition) is 2. The van der Waals surface area contributed by atoms with E-state index in [-0.39, 0.29) is 11.3 Å². The second-order valence-electron chi connectivity index (χ2n) is 5.00. The van der Waals surface area contributed by atoms with Crippen LogP contribution in [0.4, 0.5) is 11.4 Å². The summed E-state index contributed by atoms with van der Waals surface area (Å²) >= 11 is 5.84. The smallest absolute Gasteiger partial charge is 0.270 e. The summed E-state index contributed by atoms with van der Waals surface area (Å²) in [5.74, 6) is -1.01. The molecular weight excluding hydrogens is 334 g/mol. The highest BCUT2D eigenvalue weighted by Gasteiger charge is 2.18. The maximum absolute atomic E-state index is 12.1. The predicted molar refractivity (Wildman–Crippen MR) is 90.1 cm³/mol. The number of hydrogen-bond acceptors (Lipinski definition) is 4. The summed E-state index contributed by atoms with van der Waals surface area (Å²) in [4.78, 5) is 34.3. The van der Waals surface area contributed by atoms with Gasteiger partial charge in [0, 0.05) is 28.4 Å². The van der Waals surface area contributed by atoms with Crippen LogP contribution in [0.5, 0.6) is 0 Å². The van der Waals surface area contributed by atoms with Gasteiger partial charge in [-0.15, -0.1) is 0 Å². The minimum absolute atomic E-state index is 0.103. The Bertz CT molecular complexity index is 794. The van der Waals surface area contributed by atoms with Crippen molar-refractivity contribution in [3.63, 3.8) is 0 Å². The van der Waals surface area contributed by atoms with E-state index in [2.05, 4.69) is 10.6 Å². The van der Waals surface area contributed by atoms with Crippen molar-refractivity contribution < 1.29 is 14.5 Å². The van der Waals surface area contributed by atoms with Gasteiger partial charge in [-0.2, -0.15) is 0 Å². The van der Waals surface area contributed by atoms with Gasteiger partial charge < -0.3 is 10.6 Å². The number of anilines is 1. The summed E-state index contributed by atoms with van der Waals surface area (Å²) in [5, 5.41) is 16.3. The molecule has 7 nitrogen and oxygen atoms in total. The first kappa shape index (κ1) is 17.4. The van der Waals surface area contributed by atoms with Gasteiger partial charge in [0.2, 0.25) is 5.91 Å². The van der Waals surface area contributed by atoms with Gasteiger partial charge in [-0.25, -0.2) is 0 Å². The van der Waals surface area contributed by atoms with Crippen LogP contribution in [0.1, 0.15) is 17.3 Å². The maximum Gasteiger partial charge on any atom is 0.270 e. The molecule has 0 spiro atoms. The Morgan fingerprint density at radius 2 is 1.88 bits per heavy atom. The van der Waals surface area contributed by atoms with Crippen LogP contribution in [0.15, 0.2) is 48.5 Å². The zero-order chi connectivity index (χ0) is 17.7. The van der Waals surface area contributed by atoms with Gasteiger partial charge in [0.1, 0.15) is 6.04 Å². The number of nitrogens with zero attached hydrogens (tertiary/aromatic N) is 1. The average molecular weight is 348 g/mol. The molecule has 24 heavy (non-hydrogen) atoms. The number of halogens is 1. The maximum atomic E-state index is 12.1. The van der Waals surface area contributed by atoms with Crippen molar-refractivity contribution in [2.24, 2.45) is 0 Å². The first-order valence-corrected chi connectivity index (χ1v) is 7.36. The molecule has 0 saturated carbocycles. The van der Waals surface area contributed by atoms with E-state index in [4.69, 9.17) is 11.6 Å². The number of nitrogens with one attached hydrogen (secondary N) is 2. The van der Waals surface area contributed by atoms with Crippen LogP contribution in [-0.4, -0.2) is 22.8 Å². The van der Waals surface area contributed by atoms with Crippen LogP contribution >= 0.6 is 11.6 Å². The zero-order valence-electron chi connectivity index (χ0n) is 12.7. The van der Waals surface area contributed by atoms with Crippen LogP contribution in [-0.2, 0) is 4.79 Å². The summed E-state index contributed by atoms with van der Waals surface area (Å²) in [6.45, 7) is 1.51. The lowest BCUT2D eigenvalue weighted by Crippen LogP contribution is -2.41. The van der Waals surface area contributed by atoms with Crippen molar-refractivity contribution in [1.82, 2.24) is 5.32 Å². The van der Waals surface area contributed by atoms with Crippen molar-refractivity contribution >= 4 is 34.8 Å². The van der Waals surface area contributed by atoms with Crippen molar-refractivity contribution in [3.05, 3.63) is 69.2 Å². The highest BCUT2D eigenvalue weighted by atomic mass is 35.5. The number of nitro benzene ring substituents is 1. The number of carbonyl (C=O) groups excluding carboxylic acids is 2. The molecule has 2 amide bonds. The molecule has 8 heteroatoms. The summed E-state index contributed by atoms with van der Waals surface area (Å²) in [6.07, 6.45) is 0. The average Bonchev–Trinajstić information content (AvgIpc) is 2.54. The lowest BCUT2D eigenvalue weighted by atomic mass is 10.1. The fourth-order valence-electron chi connectivity index (χ4n) is 1.92. The SMILES string of the molecule is C[C@H](NC(=O)c1cccc([N+](=O)[O-])c1)C(=O)Nc1cccc(Cl)c1. The van der Waals surface area contributed by atoms with Crippen LogP contribution in [0.2, 0.25) is 5.02 Å². The Balaban J connectivity index is 2.01. The largest absolute Gasteiger partial charge is 0.341 e. The highest BCUT2D eigenvalue weighted by molar-refractivity contribution is 6.30. The molecule has 0 unspecified atom stereocenters. The monoisotopic (exact) mass is 347 g/mol. The van der Waals surface area contributed by atoms with Crippen molar-refractivity contribution in [1.29, 1.82) is 0 Å². The number of non-ortho nitro benzene ring substituents is 1. The van der Waals surface area contributed by atoms with Crippen molar-refractivity contribution in [2.75, 3.05) is 5.32 Å². The molecule has 0 radical (unpaired) electrons. The van der Waals surface area contributed by atoms with E-state index in [9.17, 15) is 19.7 Å². The second kappa shape index (κ2) is 7.56. The van der Waals surface area contributed by atoms with Gasteiger partial charge in [0.15, 0.2) is 0 Å². The van der Waals surface area contributed by atoms with Gasteiger partial charge >= 0.3 is 0 Å². The number of carbonyl (C=O) groups is 2. The van der Waals surface area contributed by atoms with E-state index in [1.807, 2.05) is 0 Å². The Morgan fingerprint density at radius 1 is 1.17 bits per heavy atom. The molecule has 0 aliphatic rings. The van der Waals surface area contributed by atoms with Gasteiger partial charge in [0.05, 0.1) is 4.92 Å². The normalized spacial score (nSPS) is 11.4. The summed E-state index contributed by atoms with van der Waals surface area (Å²) in [7, 11) is 0. The van der Waals surface area contributed by atoms with Gasteiger partial charge in [0.25, 0.3) is 11.6 Å². The van der Waals surface area contributed by atoms with Crippen molar-refractivity contribution in [2.45, 2.75) is 13.0 Å². The van der Waals surface area contributed by atoms with E-state index in [1.54, 1.807) is 24.3 Å². The molecule has 2 aromatic rings. The minimum atomic E-state index is -0.837. The highest BCUT2D eigenvalue weighted by Crippen LogP contribution is 2.15. The minimum Gasteiger partial charge on any atom is -0.341 e. The molecule has 0 saturated heterocycles. The molecular formula is C16H14ClN3O4. The van der Waals surface area contributed by atoms with Crippen molar-refractivity contribution in [3.8, 4) is 0 Å². The number of amides is 2. The topological polar surface area (TPSA) is 101 Å². The van der Waals surface area contributed by atoms with Gasteiger partial charge in [-0.3, -0.25) is 19.7 Å². The molecule has 1 atom stereocenters. The van der Waals surface area contributed by atoms with Gasteiger partial charge in [-0.05, 0) is 31.2 Å². The quantitative estimate of drug-likeness (QED) is 0.641. The molecule has 2 N–H and O–H groups in total. The van der Waals surface area contributed by atoms with Crippen LogP contribution in [0.3, 0.4) is 0 Å². The third kappa shape index (κ3) is 4.53. The first-order chi connectivity index (χ1) is 11.4. The van der Waals surface area contributed by atoms with Gasteiger partial charge in [-0.1, -0.05) is 23.7 Å². The lowest BCUT2D eigenvalue weighted by molar-refractivity contribution is -0.384. The van der Waals surface area contributed by atoms with Crippen LogP contribution in [0.25, 0.3) is 0 Å². The summed E-state index contributed by atoms with van der Waals surface area (Å²) < 4.78 is 0. The van der Waals surface area contributed by atoms with E-state index in [1.165, 1.54) is 25.1 Å². The number of rotatable bonds is 5. The molecule has 124 valence electrons. The standard InChI is InChI=1S/C16H14ClN3O4/c1-10(15(21)19-13-6-3-5-12(17)9-13)18-16(22)11-4-2-7-14(8-11)20(23)24/h2-10H,1H3,(H,18,22)(H,19,21)/t10-/m0/s1. The second-order valence-corrected chi connectivity index (χ2v) is 5.44. The van der Waals surface area contributed by atoms with E-state index >= 15 is 0 Å². The molecule has 0 heterocycles. The Kier molecular flexibility index (Phi) is 5.49. The third-order valence-corrected chi connectivity index (χ3v) is 3.39. The Labute approximate surface area is 142 Å². The fraction of sp³-hybridized carbons (Fsp3) is 0.125. The van der Waals surface area contributed by atoms with Crippen LogP contribution in [0, 0.1) is 10.1 Å². The molecule has 0 aliphatic carbocycles. The van der Waals surface area contributed by atoms with E-state index in [0.29, 0.717) is 10.7 Å². The third-order valence-electron chi connectivity index (χ3n) is 3.15. The number of benzene rings is 2. The van der Waals surface area contributed by atoms with E-state index in [0.717, 1.165) is 6.07 Å². The Morgan fingerprint density at radius 3 is 2.54 bits per heavy atom.